The number of hydrogen-bond acceptors (Lipinski definition) is 1. The molecule has 1 aliphatic heterocycles. The van der Waals surface area contributed by atoms with E-state index in [-0.39, 0.29) is 5.91 Å². The maximum absolute atomic E-state index is 11.6. The van der Waals surface area contributed by atoms with E-state index in [4.69, 9.17) is 0 Å². The smallest absolute Gasteiger partial charge is 0.247 e. The highest BCUT2D eigenvalue weighted by molar-refractivity contribution is 5.98. The Hall–Kier alpha value is -1.57. The van der Waals surface area contributed by atoms with Crippen LogP contribution in [0, 0.1) is 13.8 Å². The SMILES string of the molecule is Cc1ccc(/C=C2\CCCNC2=O)cc1C. The summed E-state index contributed by atoms with van der Waals surface area (Å²) in [6.07, 6.45) is 3.93. The first-order chi connectivity index (χ1) is 7.66. The van der Waals surface area contributed by atoms with Gasteiger partial charge < -0.3 is 5.32 Å². The van der Waals surface area contributed by atoms with E-state index < -0.39 is 0 Å². The molecule has 2 rings (SSSR count). The first-order valence-electron chi connectivity index (χ1n) is 5.73. The normalized spacial score (nSPS) is 18.6. The molecule has 1 aromatic carbocycles. The van der Waals surface area contributed by atoms with Crippen molar-refractivity contribution >= 4 is 12.0 Å². The van der Waals surface area contributed by atoms with E-state index in [0.717, 1.165) is 30.5 Å². The molecular formula is C14H17NO. The van der Waals surface area contributed by atoms with Gasteiger partial charge in [0.1, 0.15) is 0 Å². The lowest BCUT2D eigenvalue weighted by atomic mass is 10.0. The minimum atomic E-state index is 0.0875. The van der Waals surface area contributed by atoms with Crippen LogP contribution in [0.5, 0.6) is 0 Å². The first kappa shape index (κ1) is 10.9. The molecule has 1 amide bonds. The van der Waals surface area contributed by atoms with Crippen LogP contribution in [0.1, 0.15) is 29.5 Å². The molecule has 0 spiro atoms. The van der Waals surface area contributed by atoms with Gasteiger partial charge in [-0.1, -0.05) is 18.2 Å². The van der Waals surface area contributed by atoms with Crippen LogP contribution in [0.25, 0.3) is 6.08 Å². The van der Waals surface area contributed by atoms with E-state index in [0.29, 0.717) is 0 Å². The van der Waals surface area contributed by atoms with Gasteiger partial charge in [0.25, 0.3) is 0 Å². The van der Waals surface area contributed by atoms with E-state index in [1.54, 1.807) is 0 Å². The van der Waals surface area contributed by atoms with Crippen LogP contribution in [0.4, 0.5) is 0 Å². The molecule has 0 bridgehead atoms. The Bertz CT molecular complexity index is 446. The van der Waals surface area contributed by atoms with E-state index in [2.05, 4.69) is 37.4 Å². The van der Waals surface area contributed by atoms with Crippen molar-refractivity contribution in [2.24, 2.45) is 0 Å². The average molecular weight is 215 g/mol. The molecule has 0 saturated carbocycles. The summed E-state index contributed by atoms with van der Waals surface area (Å²) in [4.78, 5) is 11.6. The molecule has 2 nitrogen and oxygen atoms in total. The summed E-state index contributed by atoms with van der Waals surface area (Å²) in [5, 5.41) is 2.87. The third-order valence-corrected chi connectivity index (χ3v) is 3.07. The Labute approximate surface area is 96.4 Å². The largest absolute Gasteiger partial charge is 0.352 e. The number of amides is 1. The molecule has 0 atom stereocenters. The molecule has 0 aliphatic carbocycles. The molecule has 1 heterocycles. The summed E-state index contributed by atoms with van der Waals surface area (Å²) in [5.74, 6) is 0.0875. The fraction of sp³-hybridized carbons (Fsp3) is 0.357. The van der Waals surface area contributed by atoms with Crippen molar-refractivity contribution in [1.29, 1.82) is 0 Å². The lowest BCUT2D eigenvalue weighted by Crippen LogP contribution is -2.30. The molecule has 1 N–H and O–H groups in total. The van der Waals surface area contributed by atoms with Gasteiger partial charge in [-0.25, -0.2) is 0 Å². The average Bonchev–Trinajstić information content (AvgIpc) is 2.27. The molecule has 1 aromatic rings. The zero-order chi connectivity index (χ0) is 11.5. The second kappa shape index (κ2) is 4.52. The van der Waals surface area contributed by atoms with Crippen molar-refractivity contribution in [3.63, 3.8) is 0 Å². The third kappa shape index (κ3) is 2.32. The lowest BCUT2D eigenvalue weighted by molar-refractivity contribution is -0.118. The molecule has 1 aliphatic rings. The summed E-state index contributed by atoms with van der Waals surface area (Å²) < 4.78 is 0. The van der Waals surface area contributed by atoms with Crippen LogP contribution in [-0.2, 0) is 4.79 Å². The van der Waals surface area contributed by atoms with Crippen LogP contribution in [0.2, 0.25) is 0 Å². The molecule has 0 unspecified atom stereocenters. The number of hydrogen-bond donors (Lipinski definition) is 1. The lowest BCUT2D eigenvalue weighted by Gasteiger charge is -2.14. The quantitative estimate of drug-likeness (QED) is 0.717. The summed E-state index contributed by atoms with van der Waals surface area (Å²) in [6.45, 7) is 5.00. The summed E-state index contributed by atoms with van der Waals surface area (Å²) in [5.41, 5.74) is 4.57. The van der Waals surface area contributed by atoms with Gasteiger partial charge in [0.2, 0.25) is 5.91 Å². The maximum Gasteiger partial charge on any atom is 0.247 e. The van der Waals surface area contributed by atoms with Gasteiger partial charge in [-0.05, 0) is 49.5 Å². The number of carbonyl (C=O) groups is 1. The van der Waals surface area contributed by atoms with Gasteiger partial charge in [-0.15, -0.1) is 0 Å². The monoisotopic (exact) mass is 215 g/mol. The highest BCUT2D eigenvalue weighted by atomic mass is 16.1. The molecule has 1 fully saturated rings. The second-order valence-electron chi connectivity index (χ2n) is 4.37. The van der Waals surface area contributed by atoms with Crippen LogP contribution in [0.15, 0.2) is 23.8 Å². The van der Waals surface area contributed by atoms with Crippen molar-refractivity contribution in [3.8, 4) is 0 Å². The van der Waals surface area contributed by atoms with Gasteiger partial charge in [-0.3, -0.25) is 4.79 Å². The van der Waals surface area contributed by atoms with Crippen LogP contribution in [0.3, 0.4) is 0 Å². The molecule has 0 radical (unpaired) electrons. The van der Waals surface area contributed by atoms with Crippen molar-refractivity contribution in [2.75, 3.05) is 6.54 Å². The Morgan fingerprint density at radius 2 is 2.06 bits per heavy atom. The number of rotatable bonds is 1. The zero-order valence-electron chi connectivity index (χ0n) is 9.84. The number of carbonyl (C=O) groups excluding carboxylic acids is 1. The predicted molar refractivity (Wildman–Crippen MR) is 66.1 cm³/mol. The molecule has 1 saturated heterocycles. The first-order valence-corrected chi connectivity index (χ1v) is 5.73. The van der Waals surface area contributed by atoms with Gasteiger partial charge in [-0.2, -0.15) is 0 Å². The van der Waals surface area contributed by atoms with Gasteiger partial charge >= 0.3 is 0 Å². The standard InChI is InChI=1S/C14H17NO/c1-10-5-6-12(8-11(10)2)9-13-4-3-7-15-14(13)16/h5-6,8-9H,3-4,7H2,1-2H3,(H,15,16)/b13-9+. The zero-order valence-corrected chi connectivity index (χ0v) is 9.84. The van der Waals surface area contributed by atoms with E-state index in [9.17, 15) is 4.79 Å². The second-order valence-corrected chi connectivity index (χ2v) is 4.37. The maximum atomic E-state index is 11.6. The van der Waals surface area contributed by atoms with E-state index >= 15 is 0 Å². The van der Waals surface area contributed by atoms with Gasteiger partial charge in [0, 0.05) is 12.1 Å². The number of benzene rings is 1. The molecule has 84 valence electrons. The summed E-state index contributed by atoms with van der Waals surface area (Å²) >= 11 is 0. The van der Waals surface area contributed by atoms with Crippen LogP contribution < -0.4 is 5.32 Å². The van der Waals surface area contributed by atoms with E-state index in [1.807, 2.05) is 6.08 Å². The van der Waals surface area contributed by atoms with Crippen molar-refractivity contribution in [1.82, 2.24) is 5.32 Å². The minimum Gasteiger partial charge on any atom is -0.352 e. The Morgan fingerprint density at radius 1 is 1.25 bits per heavy atom. The minimum absolute atomic E-state index is 0.0875. The van der Waals surface area contributed by atoms with Crippen LogP contribution >= 0.6 is 0 Å². The predicted octanol–water partition coefficient (Wildman–Crippen LogP) is 2.60. The summed E-state index contributed by atoms with van der Waals surface area (Å²) in [6, 6.07) is 6.30. The summed E-state index contributed by atoms with van der Waals surface area (Å²) in [7, 11) is 0. The molecule has 0 aromatic heterocycles. The van der Waals surface area contributed by atoms with Gasteiger partial charge in [0.05, 0.1) is 0 Å². The van der Waals surface area contributed by atoms with Crippen molar-refractivity contribution < 1.29 is 4.79 Å². The highest BCUT2D eigenvalue weighted by Gasteiger charge is 2.13. The molecule has 2 heteroatoms. The van der Waals surface area contributed by atoms with Crippen molar-refractivity contribution in [2.45, 2.75) is 26.7 Å². The molecule has 16 heavy (non-hydrogen) atoms. The third-order valence-electron chi connectivity index (χ3n) is 3.07. The van der Waals surface area contributed by atoms with Crippen molar-refractivity contribution in [3.05, 3.63) is 40.5 Å². The number of nitrogens with one attached hydrogen (secondary N) is 1. The Morgan fingerprint density at radius 3 is 2.75 bits per heavy atom. The van der Waals surface area contributed by atoms with E-state index in [1.165, 1.54) is 11.1 Å². The van der Waals surface area contributed by atoms with Gasteiger partial charge in [0.15, 0.2) is 0 Å². The number of piperidine rings is 1. The molecular weight excluding hydrogens is 198 g/mol. The Balaban J connectivity index is 2.27. The highest BCUT2D eigenvalue weighted by Crippen LogP contribution is 2.17. The topological polar surface area (TPSA) is 29.1 Å². The fourth-order valence-corrected chi connectivity index (χ4v) is 1.90. The fourth-order valence-electron chi connectivity index (χ4n) is 1.90. The Kier molecular flexibility index (Phi) is 3.09. The van der Waals surface area contributed by atoms with Crippen LogP contribution in [-0.4, -0.2) is 12.5 Å². The number of aryl methyl sites for hydroxylation is 2.